The van der Waals surface area contributed by atoms with Gasteiger partial charge >= 0.3 is 5.97 Å². The smallest absolute Gasteiger partial charge is 0.339 e. The number of rotatable bonds is 3. The fourth-order valence-electron chi connectivity index (χ4n) is 2.21. The Bertz CT molecular complexity index is 660. The van der Waals surface area contributed by atoms with Gasteiger partial charge < -0.3 is 24.1 Å². The lowest BCUT2D eigenvalue weighted by Crippen LogP contribution is -2.06. The average Bonchev–Trinajstić information content (AvgIpc) is 2.85. The minimum absolute atomic E-state index is 0.00279. The lowest BCUT2D eigenvalue weighted by molar-refractivity contribution is 0.0687. The van der Waals surface area contributed by atoms with E-state index in [1.807, 2.05) is 0 Å². The highest BCUT2D eigenvalue weighted by molar-refractivity contribution is 5.88. The van der Waals surface area contributed by atoms with Gasteiger partial charge in [0.1, 0.15) is 11.7 Å². The summed E-state index contributed by atoms with van der Waals surface area (Å²) in [7, 11) is 0. The van der Waals surface area contributed by atoms with Gasteiger partial charge in [0, 0.05) is 6.42 Å². The van der Waals surface area contributed by atoms with Crippen LogP contribution in [-0.4, -0.2) is 29.4 Å². The van der Waals surface area contributed by atoms with Crippen LogP contribution in [0, 0.1) is 0 Å². The average molecular weight is 290 g/mol. The summed E-state index contributed by atoms with van der Waals surface area (Å²) in [5.41, 5.74) is 0.423. The molecule has 3 rings (SSSR count). The van der Waals surface area contributed by atoms with Gasteiger partial charge in [0.15, 0.2) is 17.3 Å². The maximum absolute atomic E-state index is 11.1. The first-order valence-corrected chi connectivity index (χ1v) is 6.55. The number of furan rings is 1. The Morgan fingerprint density at radius 2 is 1.90 bits per heavy atom. The molecule has 1 aromatic carbocycles. The Morgan fingerprint density at radius 3 is 2.67 bits per heavy atom. The fourth-order valence-corrected chi connectivity index (χ4v) is 2.21. The predicted molar refractivity (Wildman–Crippen MR) is 71.8 cm³/mol. The zero-order chi connectivity index (χ0) is 14.8. The molecule has 1 aliphatic heterocycles. The van der Waals surface area contributed by atoms with Crippen LogP contribution >= 0.6 is 0 Å². The number of aliphatic hydroxyl groups is 1. The number of benzene rings is 1. The first kappa shape index (κ1) is 13.5. The monoisotopic (exact) mass is 290 g/mol. The van der Waals surface area contributed by atoms with Gasteiger partial charge in [-0.2, -0.15) is 0 Å². The molecule has 1 atom stereocenters. The van der Waals surface area contributed by atoms with Crippen LogP contribution < -0.4 is 9.47 Å². The molecule has 0 saturated carbocycles. The second kappa shape index (κ2) is 5.49. The third-order valence-corrected chi connectivity index (χ3v) is 3.26. The van der Waals surface area contributed by atoms with Gasteiger partial charge in [0.2, 0.25) is 0 Å². The number of aromatic carboxylic acids is 1. The van der Waals surface area contributed by atoms with E-state index in [1.165, 1.54) is 12.3 Å². The van der Waals surface area contributed by atoms with E-state index in [-0.39, 0.29) is 11.3 Å². The zero-order valence-corrected chi connectivity index (χ0v) is 11.1. The van der Waals surface area contributed by atoms with Gasteiger partial charge in [-0.1, -0.05) is 6.07 Å². The molecule has 6 nitrogen and oxygen atoms in total. The molecule has 0 bridgehead atoms. The van der Waals surface area contributed by atoms with Crippen LogP contribution in [0.5, 0.6) is 11.5 Å². The normalized spacial score (nSPS) is 15.3. The molecule has 0 spiro atoms. The molecule has 6 heteroatoms. The van der Waals surface area contributed by atoms with Gasteiger partial charge in [-0.05, 0) is 23.8 Å². The van der Waals surface area contributed by atoms with Crippen molar-refractivity contribution in [3.05, 3.63) is 47.4 Å². The van der Waals surface area contributed by atoms with Crippen molar-refractivity contribution in [1.29, 1.82) is 0 Å². The number of carbonyl (C=O) groups is 1. The second-order valence-electron chi connectivity index (χ2n) is 4.66. The summed E-state index contributed by atoms with van der Waals surface area (Å²) in [6.07, 6.45) is 0.849. The van der Waals surface area contributed by atoms with Crippen molar-refractivity contribution in [2.45, 2.75) is 12.5 Å². The van der Waals surface area contributed by atoms with Gasteiger partial charge in [-0.25, -0.2) is 4.79 Å². The molecule has 2 aromatic rings. The summed E-state index contributed by atoms with van der Waals surface area (Å²) in [4.78, 5) is 11.1. The quantitative estimate of drug-likeness (QED) is 0.901. The summed E-state index contributed by atoms with van der Waals surface area (Å²) in [5, 5.41) is 19.4. The van der Waals surface area contributed by atoms with E-state index < -0.39 is 12.1 Å². The van der Waals surface area contributed by atoms with Crippen LogP contribution in [-0.2, 0) is 0 Å². The molecule has 2 N–H and O–H groups in total. The Hall–Kier alpha value is -2.47. The van der Waals surface area contributed by atoms with E-state index in [1.54, 1.807) is 18.2 Å². The van der Waals surface area contributed by atoms with Gasteiger partial charge in [-0.15, -0.1) is 0 Å². The molecule has 0 saturated heterocycles. The number of hydrogen-bond acceptors (Lipinski definition) is 5. The summed E-state index contributed by atoms with van der Waals surface area (Å²) in [6.45, 7) is 1.12. The highest BCUT2D eigenvalue weighted by atomic mass is 16.5. The van der Waals surface area contributed by atoms with Gasteiger partial charge in [0.25, 0.3) is 0 Å². The summed E-state index contributed by atoms with van der Waals surface area (Å²) in [5.74, 6) is -0.00188. The molecule has 21 heavy (non-hydrogen) atoms. The van der Waals surface area contributed by atoms with Crippen molar-refractivity contribution in [1.82, 2.24) is 0 Å². The molecule has 0 aliphatic carbocycles. The molecular formula is C15H14O6. The molecule has 1 aliphatic rings. The van der Waals surface area contributed by atoms with E-state index in [0.717, 1.165) is 6.42 Å². The largest absolute Gasteiger partial charge is 0.490 e. The first-order chi connectivity index (χ1) is 10.2. The van der Waals surface area contributed by atoms with E-state index in [4.69, 9.17) is 19.0 Å². The van der Waals surface area contributed by atoms with Crippen molar-refractivity contribution in [2.24, 2.45) is 0 Å². The number of carboxylic acid groups (broad SMARTS) is 1. The van der Waals surface area contributed by atoms with E-state index in [2.05, 4.69) is 0 Å². The van der Waals surface area contributed by atoms with Crippen molar-refractivity contribution in [2.75, 3.05) is 13.2 Å². The van der Waals surface area contributed by atoms with Crippen LogP contribution in [0.1, 0.15) is 34.2 Å². The number of carboxylic acids is 1. The van der Waals surface area contributed by atoms with Crippen LogP contribution in [0.2, 0.25) is 0 Å². The van der Waals surface area contributed by atoms with Crippen LogP contribution in [0.4, 0.5) is 0 Å². The second-order valence-corrected chi connectivity index (χ2v) is 4.66. The topological polar surface area (TPSA) is 89.1 Å². The Labute approximate surface area is 120 Å². The third kappa shape index (κ3) is 2.57. The summed E-state index contributed by atoms with van der Waals surface area (Å²) >= 11 is 0. The van der Waals surface area contributed by atoms with Gasteiger partial charge in [-0.3, -0.25) is 0 Å². The SMILES string of the molecule is O=C(O)c1ccoc1C(O)c1ccc2c(c1)OCCCO2. The third-order valence-electron chi connectivity index (χ3n) is 3.26. The molecule has 2 heterocycles. The zero-order valence-electron chi connectivity index (χ0n) is 11.1. The molecule has 0 fully saturated rings. The van der Waals surface area contributed by atoms with Gasteiger partial charge in [0.05, 0.1) is 19.5 Å². The van der Waals surface area contributed by atoms with Crippen molar-refractivity contribution in [3.63, 3.8) is 0 Å². The van der Waals surface area contributed by atoms with Crippen molar-refractivity contribution < 1.29 is 28.9 Å². The minimum Gasteiger partial charge on any atom is -0.490 e. The number of fused-ring (bicyclic) bond motifs is 1. The molecular weight excluding hydrogens is 276 g/mol. The summed E-state index contributed by atoms with van der Waals surface area (Å²) in [6, 6.07) is 6.30. The van der Waals surface area contributed by atoms with E-state index in [9.17, 15) is 9.90 Å². The van der Waals surface area contributed by atoms with E-state index in [0.29, 0.717) is 30.3 Å². The standard InChI is InChI=1S/C15H14O6/c16-13(14-10(15(17)18)4-7-21-14)9-2-3-11-12(8-9)20-6-1-5-19-11/h2-4,7-8,13,16H,1,5-6H2,(H,17,18). The number of hydrogen-bond donors (Lipinski definition) is 2. The fraction of sp³-hybridized carbons (Fsp3) is 0.267. The maximum Gasteiger partial charge on any atom is 0.339 e. The van der Waals surface area contributed by atoms with Crippen molar-refractivity contribution >= 4 is 5.97 Å². The highest BCUT2D eigenvalue weighted by Crippen LogP contribution is 2.34. The predicted octanol–water partition coefficient (Wildman–Crippen LogP) is 2.22. The van der Waals surface area contributed by atoms with Crippen LogP contribution in [0.15, 0.2) is 34.9 Å². The summed E-state index contributed by atoms with van der Waals surface area (Å²) < 4.78 is 16.2. The van der Waals surface area contributed by atoms with Crippen LogP contribution in [0.25, 0.3) is 0 Å². The first-order valence-electron chi connectivity index (χ1n) is 6.55. The van der Waals surface area contributed by atoms with E-state index >= 15 is 0 Å². The Kier molecular flexibility index (Phi) is 3.53. The Balaban J connectivity index is 1.94. The molecule has 0 radical (unpaired) electrons. The van der Waals surface area contributed by atoms with Crippen LogP contribution in [0.3, 0.4) is 0 Å². The highest BCUT2D eigenvalue weighted by Gasteiger charge is 2.23. The Morgan fingerprint density at radius 1 is 1.14 bits per heavy atom. The molecule has 0 amide bonds. The number of aliphatic hydroxyl groups excluding tert-OH is 1. The maximum atomic E-state index is 11.1. The number of ether oxygens (including phenoxy) is 2. The lowest BCUT2D eigenvalue weighted by Gasteiger charge is -2.13. The molecule has 1 unspecified atom stereocenters. The lowest BCUT2D eigenvalue weighted by atomic mass is 10.0. The molecule has 110 valence electrons. The van der Waals surface area contributed by atoms with Crippen molar-refractivity contribution in [3.8, 4) is 11.5 Å². The minimum atomic E-state index is -1.18. The molecule has 1 aromatic heterocycles.